The number of carbonyl (C=O) groups is 1. The molecule has 0 aliphatic carbocycles. The van der Waals surface area contributed by atoms with Gasteiger partial charge in [-0.25, -0.2) is 4.99 Å². The minimum Gasteiger partial charge on any atom is -0.457 e. The Morgan fingerprint density at radius 3 is 2.36 bits per heavy atom. The van der Waals surface area contributed by atoms with E-state index in [4.69, 9.17) is 20.8 Å². The molecule has 0 unspecified atom stereocenters. The van der Waals surface area contributed by atoms with Crippen molar-refractivity contribution >= 4 is 46.2 Å². The second-order valence-electron chi connectivity index (χ2n) is 7.10. The van der Waals surface area contributed by atoms with Crippen molar-refractivity contribution in [2.24, 2.45) is 4.99 Å². The van der Waals surface area contributed by atoms with Gasteiger partial charge in [-0.1, -0.05) is 29.8 Å². The SMILES string of the molecule is O=C1NC(=Nc2ccc(Oc3ccccc3)cc2)SC1=Cc1ccc(-c2ccc(Cl)cc2)o1. The molecule has 162 valence electrons. The number of nitrogens with zero attached hydrogens (tertiary/aromatic N) is 1. The highest BCUT2D eigenvalue weighted by Crippen LogP contribution is 2.31. The van der Waals surface area contributed by atoms with Gasteiger partial charge >= 0.3 is 0 Å². The molecule has 0 bridgehead atoms. The Morgan fingerprint density at radius 2 is 1.61 bits per heavy atom. The van der Waals surface area contributed by atoms with Crippen molar-refractivity contribution in [1.29, 1.82) is 0 Å². The second-order valence-corrected chi connectivity index (χ2v) is 8.57. The number of furan rings is 1. The molecule has 1 aromatic heterocycles. The third-order valence-electron chi connectivity index (χ3n) is 4.73. The molecule has 3 aromatic carbocycles. The molecule has 33 heavy (non-hydrogen) atoms. The number of amidine groups is 1. The van der Waals surface area contributed by atoms with Crippen LogP contribution in [0.15, 0.2) is 105 Å². The van der Waals surface area contributed by atoms with Crippen molar-refractivity contribution in [3.8, 4) is 22.8 Å². The van der Waals surface area contributed by atoms with Gasteiger partial charge in [0.05, 0.1) is 10.6 Å². The number of rotatable bonds is 5. The average molecular weight is 473 g/mol. The van der Waals surface area contributed by atoms with E-state index in [0.29, 0.717) is 38.1 Å². The van der Waals surface area contributed by atoms with Crippen LogP contribution in [0.4, 0.5) is 5.69 Å². The highest BCUT2D eigenvalue weighted by atomic mass is 35.5. The summed E-state index contributed by atoms with van der Waals surface area (Å²) in [6, 6.07) is 28.0. The van der Waals surface area contributed by atoms with Crippen molar-refractivity contribution in [1.82, 2.24) is 5.32 Å². The highest BCUT2D eigenvalue weighted by Gasteiger charge is 2.24. The van der Waals surface area contributed by atoms with Crippen LogP contribution in [0.5, 0.6) is 11.5 Å². The Morgan fingerprint density at radius 1 is 0.879 bits per heavy atom. The van der Waals surface area contributed by atoms with Crippen LogP contribution in [-0.2, 0) is 4.79 Å². The number of ether oxygens (including phenoxy) is 1. The van der Waals surface area contributed by atoms with Crippen LogP contribution in [-0.4, -0.2) is 11.1 Å². The van der Waals surface area contributed by atoms with Gasteiger partial charge < -0.3 is 14.5 Å². The van der Waals surface area contributed by atoms with E-state index in [9.17, 15) is 4.79 Å². The average Bonchev–Trinajstić information content (AvgIpc) is 3.43. The highest BCUT2D eigenvalue weighted by molar-refractivity contribution is 8.18. The Bertz CT molecular complexity index is 1340. The zero-order valence-electron chi connectivity index (χ0n) is 17.2. The molecule has 1 fully saturated rings. The Balaban J connectivity index is 1.27. The zero-order valence-corrected chi connectivity index (χ0v) is 18.8. The summed E-state index contributed by atoms with van der Waals surface area (Å²) in [6.07, 6.45) is 1.71. The lowest BCUT2D eigenvalue weighted by atomic mass is 10.2. The van der Waals surface area contributed by atoms with Crippen LogP contribution < -0.4 is 10.1 Å². The normalized spacial score (nSPS) is 15.7. The number of benzene rings is 3. The first-order chi connectivity index (χ1) is 16.1. The molecule has 5 rings (SSSR count). The minimum atomic E-state index is -0.216. The van der Waals surface area contributed by atoms with Gasteiger partial charge in [0.1, 0.15) is 23.0 Å². The van der Waals surface area contributed by atoms with Crippen LogP contribution in [0.1, 0.15) is 5.76 Å². The monoisotopic (exact) mass is 472 g/mol. The number of hydrogen-bond acceptors (Lipinski definition) is 5. The molecule has 0 radical (unpaired) electrons. The fraction of sp³-hybridized carbons (Fsp3) is 0. The lowest BCUT2D eigenvalue weighted by Gasteiger charge is -2.05. The summed E-state index contributed by atoms with van der Waals surface area (Å²) in [5.41, 5.74) is 1.62. The zero-order chi connectivity index (χ0) is 22.6. The van der Waals surface area contributed by atoms with Crippen molar-refractivity contribution in [2.45, 2.75) is 0 Å². The van der Waals surface area contributed by atoms with Crippen LogP contribution in [0.25, 0.3) is 17.4 Å². The van der Waals surface area contributed by atoms with Crippen LogP contribution in [0, 0.1) is 0 Å². The number of para-hydroxylation sites is 1. The summed E-state index contributed by atoms with van der Waals surface area (Å²) < 4.78 is 11.7. The van der Waals surface area contributed by atoms with E-state index >= 15 is 0 Å². The quantitative estimate of drug-likeness (QED) is 0.310. The van der Waals surface area contributed by atoms with E-state index in [1.807, 2.05) is 78.9 Å². The number of thioether (sulfide) groups is 1. The summed E-state index contributed by atoms with van der Waals surface area (Å²) >= 11 is 7.21. The van der Waals surface area contributed by atoms with E-state index in [1.165, 1.54) is 11.8 Å². The van der Waals surface area contributed by atoms with Crippen LogP contribution in [0.3, 0.4) is 0 Å². The predicted molar refractivity (Wildman–Crippen MR) is 133 cm³/mol. The van der Waals surface area contributed by atoms with Gasteiger partial charge in [-0.05, 0) is 84.6 Å². The number of halogens is 1. The van der Waals surface area contributed by atoms with Gasteiger partial charge in [0.25, 0.3) is 5.91 Å². The van der Waals surface area contributed by atoms with Gasteiger partial charge in [0.15, 0.2) is 5.17 Å². The standard InChI is InChI=1S/C26H17ClN2O3S/c27-18-8-6-17(7-9-18)23-15-14-22(32-23)16-24-25(30)29-26(33-24)28-19-10-12-21(13-11-19)31-20-4-2-1-3-5-20/h1-16H,(H,28,29,30). The molecule has 1 aliphatic rings. The number of carbonyl (C=O) groups excluding carboxylic acids is 1. The largest absolute Gasteiger partial charge is 0.457 e. The van der Waals surface area contributed by atoms with Crippen molar-refractivity contribution < 1.29 is 13.9 Å². The van der Waals surface area contributed by atoms with E-state index in [1.54, 1.807) is 18.2 Å². The summed E-state index contributed by atoms with van der Waals surface area (Å²) in [5.74, 6) is 2.55. The molecule has 0 spiro atoms. The van der Waals surface area contributed by atoms with Gasteiger partial charge in [0, 0.05) is 16.7 Å². The lowest BCUT2D eigenvalue weighted by molar-refractivity contribution is -0.115. The first-order valence-corrected chi connectivity index (χ1v) is 11.3. The number of aliphatic imine (C=N–C) groups is 1. The Hall–Kier alpha value is -3.74. The number of nitrogens with one attached hydrogen (secondary N) is 1. The number of amides is 1. The summed E-state index contributed by atoms with van der Waals surface area (Å²) in [7, 11) is 0. The molecule has 1 aliphatic heterocycles. The smallest absolute Gasteiger partial charge is 0.264 e. The Kier molecular flexibility index (Phi) is 6.02. The molecule has 2 heterocycles. The third kappa shape index (κ3) is 5.19. The third-order valence-corrected chi connectivity index (χ3v) is 5.89. The molecular weight excluding hydrogens is 456 g/mol. The lowest BCUT2D eigenvalue weighted by Crippen LogP contribution is -2.19. The molecule has 1 N–H and O–H groups in total. The molecule has 0 saturated carbocycles. The molecule has 0 atom stereocenters. The molecular formula is C26H17ClN2O3S. The van der Waals surface area contributed by atoms with Crippen molar-refractivity contribution in [2.75, 3.05) is 0 Å². The van der Waals surface area contributed by atoms with Gasteiger partial charge in [-0.15, -0.1) is 0 Å². The second kappa shape index (κ2) is 9.40. The summed E-state index contributed by atoms with van der Waals surface area (Å²) in [6.45, 7) is 0. The van der Waals surface area contributed by atoms with E-state index in [-0.39, 0.29) is 5.91 Å². The van der Waals surface area contributed by atoms with Crippen LogP contribution >= 0.6 is 23.4 Å². The molecule has 1 amide bonds. The van der Waals surface area contributed by atoms with E-state index in [2.05, 4.69) is 10.3 Å². The topological polar surface area (TPSA) is 63.8 Å². The molecule has 5 nitrogen and oxygen atoms in total. The van der Waals surface area contributed by atoms with Crippen molar-refractivity contribution in [3.05, 3.63) is 107 Å². The van der Waals surface area contributed by atoms with Crippen LogP contribution in [0.2, 0.25) is 5.02 Å². The Labute approximate surface area is 199 Å². The van der Waals surface area contributed by atoms with Gasteiger partial charge in [0.2, 0.25) is 0 Å². The molecule has 4 aromatic rings. The fourth-order valence-corrected chi connectivity index (χ4v) is 4.09. The first kappa shape index (κ1) is 21.1. The minimum absolute atomic E-state index is 0.216. The van der Waals surface area contributed by atoms with Crippen molar-refractivity contribution in [3.63, 3.8) is 0 Å². The molecule has 7 heteroatoms. The molecule has 1 saturated heterocycles. The summed E-state index contributed by atoms with van der Waals surface area (Å²) in [4.78, 5) is 17.4. The first-order valence-electron chi connectivity index (χ1n) is 10.1. The predicted octanol–water partition coefficient (Wildman–Crippen LogP) is 7.28. The fourth-order valence-electron chi connectivity index (χ4n) is 3.14. The maximum Gasteiger partial charge on any atom is 0.264 e. The van der Waals surface area contributed by atoms with E-state index < -0.39 is 0 Å². The summed E-state index contributed by atoms with van der Waals surface area (Å²) in [5, 5.41) is 3.96. The number of hydrogen-bond donors (Lipinski definition) is 1. The maximum atomic E-state index is 12.4. The van der Waals surface area contributed by atoms with Gasteiger partial charge in [-0.3, -0.25) is 4.79 Å². The van der Waals surface area contributed by atoms with E-state index in [0.717, 1.165) is 11.3 Å². The van der Waals surface area contributed by atoms with Gasteiger partial charge in [-0.2, -0.15) is 0 Å². The maximum absolute atomic E-state index is 12.4.